The lowest BCUT2D eigenvalue weighted by atomic mass is 10.1. The summed E-state index contributed by atoms with van der Waals surface area (Å²) in [5.74, 6) is 0.917. The Labute approximate surface area is 185 Å². The van der Waals surface area contributed by atoms with Crippen molar-refractivity contribution in [1.82, 2.24) is 15.1 Å². The zero-order valence-electron chi connectivity index (χ0n) is 17.2. The van der Waals surface area contributed by atoms with Gasteiger partial charge in [0.2, 0.25) is 0 Å². The Morgan fingerprint density at radius 2 is 1.54 bits per heavy atom. The van der Waals surface area contributed by atoms with Gasteiger partial charge in [0.05, 0.1) is 6.54 Å². The third-order valence-electron chi connectivity index (χ3n) is 4.38. The van der Waals surface area contributed by atoms with Gasteiger partial charge in [0.1, 0.15) is 0 Å². The first kappa shape index (κ1) is 23.9. The average Bonchev–Trinajstić information content (AvgIpc) is 2.69. The molecular formula is C22H31IN4O. The summed E-state index contributed by atoms with van der Waals surface area (Å²) in [5, 5.41) is 3.38. The summed E-state index contributed by atoms with van der Waals surface area (Å²) in [6.45, 7) is 6.74. The van der Waals surface area contributed by atoms with E-state index in [4.69, 9.17) is 0 Å². The summed E-state index contributed by atoms with van der Waals surface area (Å²) in [7, 11) is 3.95. The van der Waals surface area contributed by atoms with E-state index in [0.717, 1.165) is 30.2 Å². The number of nitrogens with zero attached hydrogens (tertiary/aromatic N) is 3. The van der Waals surface area contributed by atoms with Crippen LogP contribution in [0.2, 0.25) is 0 Å². The average molecular weight is 494 g/mol. The van der Waals surface area contributed by atoms with E-state index in [1.165, 1.54) is 5.56 Å². The van der Waals surface area contributed by atoms with Crippen LogP contribution in [0.5, 0.6) is 0 Å². The van der Waals surface area contributed by atoms with Gasteiger partial charge in [-0.25, -0.2) is 4.99 Å². The van der Waals surface area contributed by atoms with E-state index in [1.54, 1.807) is 0 Å². The van der Waals surface area contributed by atoms with Gasteiger partial charge >= 0.3 is 0 Å². The summed E-state index contributed by atoms with van der Waals surface area (Å²) >= 11 is 0. The van der Waals surface area contributed by atoms with Crippen LogP contribution in [0.15, 0.2) is 59.6 Å². The van der Waals surface area contributed by atoms with Crippen molar-refractivity contribution in [2.24, 2.45) is 4.99 Å². The molecule has 0 saturated carbocycles. The smallest absolute Gasteiger partial charge is 0.253 e. The summed E-state index contributed by atoms with van der Waals surface area (Å²) in [6, 6.07) is 18.0. The summed E-state index contributed by atoms with van der Waals surface area (Å²) in [4.78, 5) is 20.8. The molecule has 0 saturated heterocycles. The third-order valence-corrected chi connectivity index (χ3v) is 4.38. The molecule has 0 unspecified atom stereocenters. The largest absolute Gasteiger partial charge is 0.352 e. The van der Waals surface area contributed by atoms with Crippen molar-refractivity contribution in [1.29, 1.82) is 0 Å². The van der Waals surface area contributed by atoms with E-state index in [9.17, 15) is 4.79 Å². The molecule has 2 rings (SSSR count). The van der Waals surface area contributed by atoms with Gasteiger partial charge in [0.15, 0.2) is 5.96 Å². The van der Waals surface area contributed by atoms with Crippen LogP contribution in [0, 0.1) is 0 Å². The topological polar surface area (TPSA) is 47.9 Å². The monoisotopic (exact) mass is 494 g/mol. The molecular weight excluding hydrogens is 463 g/mol. The number of halogens is 1. The Morgan fingerprint density at radius 1 is 0.929 bits per heavy atom. The SMILES string of the molecule is CCN(CC)C(=O)c1ccc(CNC(=NCc2ccccc2)N(C)C)cc1.I. The number of benzene rings is 2. The third kappa shape index (κ3) is 7.14. The number of carbonyl (C=O) groups excluding carboxylic acids is 1. The highest BCUT2D eigenvalue weighted by molar-refractivity contribution is 14.0. The molecule has 0 aromatic heterocycles. The van der Waals surface area contributed by atoms with E-state index in [0.29, 0.717) is 13.1 Å². The maximum Gasteiger partial charge on any atom is 0.253 e. The van der Waals surface area contributed by atoms with Crippen molar-refractivity contribution in [2.45, 2.75) is 26.9 Å². The van der Waals surface area contributed by atoms with Gasteiger partial charge < -0.3 is 15.1 Å². The Morgan fingerprint density at radius 3 is 2.07 bits per heavy atom. The lowest BCUT2D eigenvalue weighted by Gasteiger charge is -2.19. The molecule has 0 atom stereocenters. The first-order valence-corrected chi connectivity index (χ1v) is 9.42. The van der Waals surface area contributed by atoms with Crippen LogP contribution in [0.3, 0.4) is 0 Å². The second-order valence-corrected chi connectivity index (χ2v) is 6.55. The minimum absolute atomic E-state index is 0. The van der Waals surface area contributed by atoms with Gasteiger partial charge in [-0.15, -0.1) is 24.0 Å². The molecule has 0 heterocycles. The minimum atomic E-state index is 0. The molecule has 0 fully saturated rings. The van der Waals surface area contributed by atoms with Crippen molar-refractivity contribution >= 4 is 35.8 Å². The minimum Gasteiger partial charge on any atom is -0.352 e. The molecule has 2 aromatic rings. The summed E-state index contributed by atoms with van der Waals surface area (Å²) in [6.07, 6.45) is 0. The van der Waals surface area contributed by atoms with Crippen LogP contribution >= 0.6 is 24.0 Å². The molecule has 0 bridgehead atoms. The van der Waals surface area contributed by atoms with Crippen LogP contribution in [-0.2, 0) is 13.1 Å². The Kier molecular flexibility index (Phi) is 10.6. The molecule has 0 radical (unpaired) electrons. The van der Waals surface area contributed by atoms with Gasteiger partial charge in [0.25, 0.3) is 5.91 Å². The van der Waals surface area contributed by atoms with Crippen molar-refractivity contribution < 1.29 is 4.79 Å². The zero-order valence-corrected chi connectivity index (χ0v) is 19.5. The quantitative estimate of drug-likeness (QED) is 0.360. The van der Waals surface area contributed by atoms with E-state index < -0.39 is 0 Å². The number of aliphatic imine (C=N–C) groups is 1. The molecule has 0 aliphatic heterocycles. The van der Waals surface area contributed by atoms with E-state index in [-0.39, 0.29) is 29.9 Å². The van der Waals surface area contributed by atoms with Gasteiger partial charge in [-0.3, -0.25) is 4.79 Å². The lowest BCUT2D eigenvalue weighted by molar-refractivity contribution is 0.0773. The molecule has 2 aromatic carbocycles. The molecule has 0 spiro atoms. The van der Waals surface area contributed by atoms with Crippen LogP contribution < -0.4 is 5.32 Å². The van der Waals surface area contributed by atoms with Gasteiger partial charge in [-0.1, -0.05) is 42.5 Å². The zero-order chi connectivity index (χ0) is 19.6. The van der Waals surface area contributed by atoms with Gasteiger partial charge in [-0.2, -0.15) is 0 Å². The molecule has 1 N–H and O–H groups in total. The molecule has 28 heavy (non-hydrogen) atoms. The molecule has 5 nitrogen and oxygen atoms in total. The van der Waals surface area contributed by atoms with Crippen molar-refractivity contribution in [3.63, 3.8) is 0 Å². The fourth-order valence-corrected chi connectivity index (χ4v) is 2.74. The fourth-order valence-electron chi connectivity index (χ4n) is 2.74. The van der Waals surface area contributed by atoms with Crippen LogP contribution in [0.4, 0.5) is 0 Å². The van der Waals surface area contributed by atoms with Crippen LogP contribution in [-0.4, -0.2) is 48.9 Å². The van der Waals surface area contributed by atoms with Gasteiger partial charge in [-0.05, 0) is 37.1 Å². The number of guanidine groups is 1. The normalized spacial score (nSPS) is 10.8. The summed E-state index contributed by atoms with van der Waals surface area (Å²) < 4.78 is 0. The number of amides is 1. The maximum atomic E-state index is 12.4. The number of rotatable bonds is 7. The molecule has 0 aliphatic carbocycles. The first-order chi connectivity index (χ1) is 13.0. The van der Waals surface area contributed by atoms with E-state index in [2.05, 4.69) is 22.4 Å². The predicted molar refractivity (Wildman–Crippen MR) is 127 cm³/mol. The van der Waals surface area contributed by atoms with Crippen LogP contribution in [0.1, 0.15) is 35.3 Å². The Hall–Kier alpha value is -2.09. The fraction of sp³-hybridized carbons (Fsp3) is 0.364. The van der Waals surface area contributed by atoms with Crippen molar-refractivity contribution in [3.05, 3.63) is 71.3 Å². The second-order valence-electron chi connectivity index (χ2n) is 6.55. The van der Waals surface area contributed by atoms with Crippen LogP contribution in [0.25, 0.3) is 0 Å². The highest BCUT2D eigenvalue weighted by Crippen LogP contribution is 2.08. The predicted octanol–water partition coefficient (Wildman–Crippen LogP) is 3.99. The Balaban J connectivity index is 0.00000392. The molecule has 0 aliphatic rings. The van der Waals surface area contributed by atoms with E-state index in [1.807, 2.05) is 80.2 Å². The Bertz CT molecular complexity index is 741. The van der Waals surface area contributed by atoms with Crippen molar-refractivity contribution in [2.75, 3.05) is 27.2 Å². The summed E-state index contributed by atoms with van der Waals surface area (Å²) in [5.41, 5.74) is 3.02. The number of nitrogens with one attached hydrogen (secondary N) is 1. The standard InChI is InChI=1S/C22H30N4O.HI/c1-5-26(6-2)21(27)20-14-12-19(13-15-20)17-24-22(25(3)4)23-16-18-10-8-7-9-11-18;/h7-15H,5-6,16-17H2,1-4H3,(H,23,24);1H. The van der Waals surface area contributed by atoms with E-state index >= 15 is 0 Å². The lowest BCUT2D eigenvalue weighted by Crippen LogP contribution is -2.36. The molecule has 1 amide bonds. The van der Waals surface area contributed by atoms with Gasteiger partial charge in [0, 0.05) is 39.3 Å². The number of hydrogen-bond donors (Lipinski definition) is 1. The second kappa shape index (κ2) is 12.4. The number of carbonyl (C=O) groups is 1. The first-order valence-electron chi connectivity index (χ1n) is 9.42. The highest BCUT2D eigenvalue weighted by Gasteiger charge is 2.12. The molecule has 6 heteroatoms. The number of hydrogen-bond acceptors (Lipinski definition) is 2. The maximum absolute atomic E-state index is 12.4. The van der Waals surface area contributed by atoms with Crippen molar-refractivity contribution in [3.8, 4) is 0 Å². The molecule has 152 valence electrons. The highest BCUT2D eigenvalue weighted by atomic mass is 127.